The van der Waals surface area contributed by atoms with Crippen molar-refractivity contribution in [3.63, 3.8) is 0 Å². The van der Waals surface area contributed by atoms with Gasteiger partial charge in [0, 0.05) is 26.2 Å². The number of amides is 1. The molecular formula is C16H22N4OS2. The maximum Gasteiger partial charge on any atom is 0.261 e. The van der Waals surface area contributed by atoms with Crippen LogP contribution >= 0.6 is 22.7 Å². The van der Waals surface area contributed by atoms with Gasteiger partial charge in [-0.3, -0.25) is 4.79 Å². The fourth-order valence-electron chi connectivity index (χ4n) is 2.58. The van der Waals surface area contributed by atoms with Gasteiger partial charge in [-0.1, -0.05) is 23.0 Å². The van der Waals surface area contributed by atoms with Gasteiger partial charge >= 0.3 is 0 Å². The van der Waals surface area contributed by atoms with Crippen LogP contribution in [-0.2, 0) is 0 Å². The molecule has 0 aliphatic carbocycles. The summed E-state index contributed by atoms with van der Waals surface area (Å²) in [5, 5.41) is 7.34. The smallest absolute Gasteiger partial charge is 0.261 e. The molecule has 2 aromatic heterocycles. The molecule has 0 saturated carbocycles. The SMILES string of the molecule is CCN(CC)c1nc2sc(C(=O)NCC3=CCNCC3)cc2s1. The molecule has 0 unspecified atom stereocenters. The number of aromatic nitrogens is 1. The van der Waals surface area contributed by atoms with E-state index in [1.807, 2.05) is 6.07 Å². The number of thiazole rings is 1. The Bertz CT molecular complexity index is 683. The molecule has 3 rings (SSSR count). The first-order valence-electron chi connectivity index (χ1n) is 8.03. The Morgan fingerprint density at radius 1 is 1.39 bits per heavy atom. The average molecular weight is 351 g/mol. The molecule has 1 aliphatic rings. The lowest BCUT2D eigenvalue weighted by molar-refractivity contribution is 0.0960. The molecule has 2 aromatic rings. The van der Waals surface area contributed by atoms with Crippen LogP contribution in [0.5, 0.6) is 0 Å². The summed E-state index contributed by atoms with van der Waals surface area (Å²) in [4.78, 5) is 20.9. The highest BCUT2D eigenvalue weighted by atomic mass is 32.1. The van der Waals surface area contributed by atoms with Crippen molar-refractivity contribution in [3.8, 4) is 0 Å². The third-order valence-electron chi connectivity index (χ3n) is 3.97. The minimum atomic E-state index is 0.00372. The van der Waals surface area contributed by atoms with Crippen molar-refractivity contribution in [1.29, 1.82) is 0 Å². The van der Waals surface area contributed by atoms with Crippen LogP contribution in [0.1, 0.15) is 29.9 Å². The van der Waals surface area contributed by atoms with Crippen LogP contribution in [0.25, 0.3) is 9.53 Å². The Hall–Kier alpha value is -1.44. The Balaban J connectivity index is 1.66. The van der Waals surface area contributed by atoms with E-state index >= 15 is 0 Å². The van der Waals surface area contributed by atoms with Gasteiger partial charge in [-0.25, -0.2) is 4.98 Å². The number of nitrogens with one attached hydrogen (secondary N) is 2. The summed E-state index contributed by atoms with van der Waals surface area (Å²) in [6.45, 7) is 8.71. The number of carbonyl (C=O) groups excluding carboxylic acids is 1. The second kappa shape index (κ2) is 7.42. The predicted octanol–water partition coefficient (Wildman–Crippen LogP) is 2.85. The zero-order valence-corrected chi connectivity index (χ0v) is 15.1. The Kier molecular flexibility index (Phi) is 5.30. The summed E-state index contributed by atoms with van der Waals surface area (Å²) in [6, 6.07) is 1.97. The molecule has 124 valence electrons. The number of anilines is 1. The van der Waals surface area contributed by atoms with E-state index in [1.54, 1.807) is 11.3 Å². The van der Waals surface area contributed by atoms with Gasteiger partial charge in [0.25, 0.3) is 5.91 Å². The van der Waals surface area contributed by atoms with Crippen LogP contribution in [0.15, 0.2) is 17.7 Å². The number of thiophene rings is 1. The monoisotopic (exact) mass is 350 g/mol. The fraction of sp³-hybridized carbons (Fsp3) is 0.500. The van der Waals surface area contributed by atoms with Crippen molar-refractivity contribution in [3.05, 3.63) is 22.6 Å². The summed E-state index contributed by atoms with van der Waals surface area (Å²) < 4.78 is 1.10. The molecule has 0 fully saturated rings. The highest BCUT2D eigenvalue weighted by molar-refractivity contribution is 7.29. The average Bonchev–Trinajstić information content (AvgIpc) is 3.14. The Labute approximate surface area is 144 Å². The number of hydrogen-bond acceptors (Lipinski definition) is 6. The largest absolute Gasteiger partial charge is 0.349 e. The molecular weight excluding hydrogens is 328 g/mol. The lowest BCUT2D eigenvalue weighted by atomic mass is 10.1. The van der Waals surface area contributed by atoms with Crippen LogP contribution in [-0.4, -0.2) is 43.6 Å². The van der Waals surface area contributed by atoms with Crippen molar-refractivity contribution in [1.82, 2.24) is 15.6 Å². The van der Waals surface area contributed by atoms with Crippen molar-refractivity contribution in [2.24, 2.45) is 0 Å². The quantitative estimate of drug-likeness (QED) is 0.787. The second-order valence-corrected chi connectivity index (χ2v) is 7.49. The topological polar surface area (TPSA) is 57.3 Å². The molecule has 0 atom stereocenters. The molecule has 2 N–H and O–H groups in total. The van der Waals surface area contributed by atoms with Crippen LogP contribution in [0.3, 0.4) is 0 Å². The lowest BCUT2D eigenvalue weighted by Gasteiger charge is -2.16. The van der Waals surface area contributed by atoms with Gasteiger partial charge in [-0.15, -0.1) is 11.3 Å². The number of fused-ring (bicyclic) bond motifs is 1. The lowest BCUT2D eigenvalue weighted by Crippen LogP contribution is -2.29. The molecule has 7 heteroatoms. The van der Waals surface area contributed by atoms with E-state index in [0.29, 0.717) is 6.54 Å². The van der Waals surface area contributed by atoms with Crippen molar-refractivity contribution < 1.29 is 4.79 Å². The molecule has 1 amide bonds. The number of nitrogens with zero attached hydrogens (tertiary/aromatic N) is 2. The molecule has 0 radical (unpaired) electrons. The zero-order chi connectivity index (χ0) is 16.2. The number of rotatable bonds is 6. The third kappa shape index (κ3) is 3.73. The minimum absolute atomic E-state index is 0.00372. The first-order valence-corrected chi connectivity index (χ1v) is 9.66. The van der Waals surface area contributed by atoms with Gasteiger partial charge in [-0.05, 0) is 32.9 Å². The van der Waals surface area contributed by atoms with Crippen LogP contribution in [0, 0.1) is 0 Å². The first kappa shape index (κ1) is 16.4. The number of hydrogen-bond donors (Lipinski definition) is 2. The van der Waals surface area contributed by atoms with Crippen LogP contribution in [0.2, 0.25) is 0 Å². The molecule has 0 bridgehead atoms. The molecule has 5 nitrogen and oxygen atoms in total. The van der Waals surface area contributed by atoms with E-state index < -0.39 is 0 Å². The maximum absolute atomic E-state index is 12.3. The highest BCUT2D eigenvalue weighted by Crippen LogP contribution is 2.34. The molecule has 3 heterocycles. The predicted molar refractivity (Wildman–Crippen MR) is 99.0 cm³/mol. The molecule has 0 saturated heterocycles. The van der Waals surface area contributed by atoms with Crippen LogP contribution in [0.4, 0.5) is 5.13 Å². The van der Waals surface area contributed by atoms with Gasteiger partial charge in [0.2, 0.25) is 0 Å². The van der Waals surface area contributed by atoms with E-state index in [1.165, 1.54) is 16.9 Å². The summed E-state index contributed by atoms with van der Waals surface area (Å²) in [5.74, 6) is 0.00372. The van der Waals surface area contributed by atoms with Gasteiger partial charge < -0.3 is 15.5 Å². The summed E-state index contributed by atoms with van der Waals surface area (Å²) in [6.07, 6.45) is 3.17. The van der Waals surface area contributed by atoms with Crippen molar-refractivity contribution in [2.75, 3.05) is 37.6 Å². The van der Waals surface area contributed by atoms with Crippen molar-refractivity contribution in [2.45, 2.75) is 20.3 Å². The molecule has 0 spiro atoms. The van der Waals surface area contributed by atoms with E-state index in [9.17, 15) is 4.79 Å². The van der Waals surface area contributed by atoms with E-state index in [4.69, 9.17) is 0 Å². The minimum Gasteiger partial charge on any atom is -0.349 e. The van der Waals surface area contributed by atoms with Gasteiger partial charge in [0.15, 0.2) is 5.13 Å². The van der Waals surface area contributed by atoms with Gasteiger partial charge in [-0.2, -0.15) is 0 Å². The summed E-state index contributed by atoms with van der Waals surface area (Å²) in [7, 11) is 0. The van der Waals surface area contributed by atoms with Crippen LogP contribution < -0.4 is 15.5 Å². The summed E-state index contributed by atoms with van der Waals surface area (Å²) >= 11 is 3.14. The maximum atomic E-state index is 12.3. The third-order valence-corrected chi connectivity index (χ3v) is 6.19. The summed E-state index contributed by atoms with van der Waals surface area (Å²) in [5.41, 5.74) is 1.30. The Morgan fingerprint density at radius 3 is 2.87 bits per heavy atom. The van der Waals surface area contributed by atoms with Crippen molar-refractivity contribution >= 4 is 43.2 Å². The normalized spacial score (nSPS) is 14.8. The molecule has 23 heavy (non-hydrogen) atoms. The van der Waals surface area contributed by atoms with E-state index in [0.717, 1.165) is 52.1 Å². The first-order chi connectivity index (χ1) is 11.2. The molecule has 1 aliphatic heterocycles. The zero-order valence-electron chi connectivity index (χ0n) is 13.5. The number of carbonyl (C=O) groups is 1. The second-order valence-electron chi connectivity index (χ2n) is 5.45. The Morgan fingerprint density at radius 2 is 2.22 bits per heavy atom. The van der Waals surface area contributed by atoms with Gasteiger partial charge in [0.1, 0.15) is 4.83 Å². The highest BCUT2D eigenvalue weighted by Gasteiger charge is 2.16. The van der Waals surface area contributed by atoms with E-state index in [-0.39, 0.29) is 5.91 Å². The standard InChI is InChI=1S/C16H22N4OS2/c1-3-20(4-2)16-19-15-13(23-16)9-12(22-15)14(21)18-10-11-5-7-17-8-6-11/h5,9,17H,3-4,6-8,10H2,1-2H3,(H,18,21). The molecule has 0 aromatic carbocycles. The van der Waals surface area contributed by atoms with E-state index in [2.05, 4.69) is 40.4 Å². The fourth-order valence-corrected chi connectivity index (χ4v) is 4.83. The van der Waals surface area contributed by atoms with Gasteiger partial charge in [0.05, 0.1) is 9.58 Å².